The molecule has 0 amide bonds. The van der Waals surface area contributed by atoms with Crippen molar-refractivity contribution in [3.63, 3.8) is 0 Å². The first-order valence-electron chi connectivity index (χ1n) is 5.46. The molecule has 1 aromatic rings. The Morgan fingerprint density at radius 1 is 1.50 bits per heavy atom. The predicted octanol–water partition coefficient (Wildman–Crippen LogP) is 2.01. The van der Waals surface area contributed by atoms with Gasteiger partial charge in [0.25, 0.3) is 0 Å². The summed E-state index contributed by atoms with van der Waals surface area (Å²) in [6.45, 7) is 7.89. The molecule has 0 spiro atoms. The number of aromatic nitrogens is 1. The van der Waals surface area contributed by atoms with Crippen LogP contribution in [0.4, 0.5) is 0 Å². The minimum atomic E-state index is -0.708. The number of hydrogen-bond donors (Lipinski definition) is 1. The third kappa shape index (κ3) is 4.31. The summed E-state index contributed by atoms with van der Waals surface area (Å²) in [4.78, 5) is 5.69. The third-order valence-corrected chi connectivity index (χ3v) is 5.02. The van der Waals surface area contributed by atoms with Gasteiger partial charge >= 0.3 is 0 Å². The van der Waals surface area contributed by atoms with Gasteiger partial charge in [-0.3, -0.25) is 4.21 Å². The van der Waals surface area contributed by atoms with Gasteiger partial charge in [-0.15, -0.1) is 11.3 Å². The molecule has 0 fully saturated rings. The van der Waals surface area contributed by atoms with Crippen LogP contribution in [0.1, 0.15) is 28.9 Å². The van der Waals surface area contributed by atoms with E-state index in [9.17, 15) is 4.21 Å². The van der Waals surface area contributed by atoms with Crippen molar-refractivity contribution in [2.75, 3.05) is 12.8 Å². The molecule has 0 aliphatic heterocycles. The Morgan fingerprint density at radius 3 is 2.69 bits per heavy atom. The maximum Gasteiger partial charge on any atom is 0.0900 e. The zero-order valence-corrected chi connectivity index (χ0v) is 12.0. The number of rotatable bonds is 6. The average molecular weight is 260 g/mol. The van der Waals surface area contributed by atoms with Gasteiger partial charge in [-0.05, 0) is 26.8 Å². The van der Waals surface area contributed by atoms with Crippen molar-refractivity contribution < 1.29 is 4.21 Å². The molecule has 1 N–H and O–H groups in total. The van der Waals surface area contributed by atoms with Gasteiger partial charge in [-0.2, -0.15) is 0 Å². The number of nitrogens with one attached hydrogen (secondary N) is 1. The van der Waals surface area contributed by atoms with Crippen LogP contribution in [0.15, 0.2) is 0 Å². The summed E-state index contributed by atoms with van der Waals surface area (Å²) in [7, 11) is -0.708. The first-order valence-corrected chi connectivity index (χ1v) is 7.90. The van der Waals surface area contributed by atoms with Crippen molar-refractivity contribution in [2.45, 2.75) is 39.0 Å². The van der Waals surface area contributed by atoms with Crippen molar-refractivity contribution in [1.82, 2.24) is 10.3 Å². The molecule has 2 unspecified atom stereocenters. The molecule has 0 saturated carbocycles. The molecule has 0 saturated heterocycles. The average Bonchev–Trinajstić information content (AvgIpc) is 2.51. The predicted molar refractivity (Wildman–Crippen MR) is 71.4 cm³/mol. The van der Waals surface area contributed by atoms with E-state index < -0.39 is 10.8 Å². The van der Waals surface area contributed by atoms with Gasteiger partial charge in [0.1, 0.15) is 0 Å². The van der Waals surface area contributed by atoms with E-state index in [1.165, 1.54) is 4.88 Å². The van der Waals surface area contributed by atoms with Gasteiger partial charge in [0.05, 0.1) is 10.7 Å². The second-order valence-electron chi connectivity index (χ2n) is 4.02. The standard InChI is InChI=1S/C11H20N2OS2/c1-8(16(4)14)5-6-12-7-11-9(2)13-10(3)15-11/h8,12H,5-7H2,1-4H3. The van der Waals surface area contributed by atoms with Crippen LogP contribution in [0.25, 0.3) is 0 Å². The van der Waals surface area contributed by atoms with E-state index in [4.69, 9.17) is 0 Å². The van der Waals surface area contributed by atoms with Crippen LogP contribution in [0.5, 0.6) is 0 Å². The molecule has 3 nitrogen and oxygen atoms in total. The number of aryl methyl sites for hydroxylation is 2. The van der Waals surface area contributed by atoms with Crippen LogP contribution in [-0.4, -0.2) is 27.2 Å². The van der Waals surface area contributed by atoms with Crippen LogP contribution < -0.4 is 5.32 Å². The van der Waals surface area contributed by atoms with E-state index in [0.29, 0.717) is 0 Å². The van der Waals surface area contributed by atoms with Gasteiger partial charge in [0.15, 0.2) is 0 Å². The molecule has 0 bridgehead atoms. The van der Waals surface area contributed by atoms with Crippen LogP contribution in [0, 0.1) is 13.8 Å². The Morgan fingerprint density at radius 2 is 2.19 bits per heavy atom. The lowest BCUT2D eigenvalue weighted by Crippen LogP contribution is -2.20. The Hall–Kier alpha value is -0.260. The molecule has 92 valence electrons. The lowest BCUT2D eigenvalue weighted by Gasteiger charge is -2.08. The summed E-state index contributed by atoms with van der Waals surface area (Å²) >= 11 is 1.75. The summed E-state index contributed by atoms with van der Waals surface area (Å²) < 4.78 is 11.1. The minimum Gasteiger partial charge on any atom is -0.312 e. The Bertz CT molecular complexity index is 363. The van der Waals surface area contributed by atoms with E-state index in [0.717, 1.165) is 30.2 Å². The zero-order valence-electron chi connectivity index (χ0n) is 10.4. The molecule has 2 atom stereocenters. The highest BCUT2D eigenvalue weighted by atomic mass is 32.2. The van der Waals surface area contributed by atoms with E-state index in [1.54, 1.807) is 17.6 Å². The lowest BCUT2D eigenvalue weighted by molar-refractivity contribution is 0.630. The fourth-order valence-electron chi connectivity index (χ4n) is 1.41. The van der Waals surface area contributed by atoms with E-state index in [1.807, 2.05) is 20.8 Å². The first kappa shape index (κ1) is 13.8. The highest BCUT2D eigenvalue weighted by Crippen LogP contribution is 2.16. The lowest BCUT2D eigenvalue weighted by atomic mass is 10.3. The quantitative estimate of drug-likeness (QED) is 0.796. The topological polar surface area (TPSA) is 42.0 Å². The number of nitrogens with zero attached hydrogens (tertiary/aromatic N) is 1. The highest BCUT2D eigenvalue weighted by molar-refractivity contribution is 7.84. The van der Waals surface area contributed by atoms with Crippen LogP contribution in [0.2, 0.25) is 0 Å². The van der Waals surface area contributed by atoms with Gasteiger partial charge in [0, 0.05) is 33.7 Å². The van der Waals surface area contributed by atoms with Crippen molar-refractivity contribution in [3.8, 4) is 0 Å². The van der Waals surface area contributed by atoms with Crippen molar-refractivity contribution in [2.24, 2.45) is 0 Å². The molecule has 1 aromatic heterocycles. The summed E-state index contributed by atoms with van der Waals surface area (Å²) in [5, 5.41) is 4.77. The number of thiazole rings is 1. The summed E-state index contributed by atoms with van der Waals surface area (Å²) in [6, 6.07) is 0. The maximum absolute atomic E-state index is 11.1. The summed E-state index contributed by atoms with van der Waals surface area (Å²) in [6.07, 6.45) is 2.72. The Balaban J connectivity index is 2.26. The molecular weight excluding hydrogens is 240 g/mol. The van der Waals surface area contributed by atoms with Gasteiger partial charge in [-0.1, -0.05) is 6.92 Å². The van der Waals surface area contributed by atoms with Gasteiger partial charge in [0.2, 0.25) is 0 Å². The normalized spacial score (nSPS) is 15.0. The SMILES string of the molecule is Cc1nc(C)c(CNCCC(C)S(C)=O)s1. The van der Waals surface area contributed by atoms with Gasteiger partial charge in [-0.25, -0.2) is 4.98 Å². The minimum absolute atomic E-state index is 0.275. The van der Waals surface area contributed by atoms with Crippen molar-refractivity contribution in [1.29, 1.82) is 0 Å². The fourth-order valence-corrected chi connectivity index (χ4v) is 2.77. The second kappa shape index (κ2) is 6.47. The first-order chi connectivity index (χ1) is 7.50. The van der Waals surface area contributed by atoms with E-state index >= 15 is 0 Å². The van der Waals surface area contributed by atoms with Gasteiger partial charge < -0.3 is 5.32 Å². The van der Waals surface area contributed by atoms with Crippen LogP contribution in [-0.2, 0) is 17.3 Å². The molecule has 1 heterocycles. The molecule has 0 aromatic carbocycles. The summed E-state index contributed by atoms with van der Waals surface area (Å²) in [5.41, 5.74) is 1.13. The van der Waals surface area contributed by atoms with E-state index in [-0.39, 0.29) is 5.25 Å². The van der Waals surface area contributed by atoms with Crippen LogP contribution in [0.3, 0.4) is 0 Å². The number of hydrogen-bond acceptors (Lipinski definition) is 4. The maximum atomic E-state index is 11.1. The highest BCUT2D eigenvalue weighted by Gasteiger charge is 2.06. The zero-order chi connectivity index (χ0) is 12.1. The monoisotopic (exact) mass is 260 g/mol. The van der Waals surface area contributed by atoms with E-state index in [2.05, 4.69) is 10.3 Å². The largest absolute Gasteiger partial charge is 0.312 e. The second-order valence-corrected chi connectivity index (χ2v) is 7.11. The Kier molecular flexibility index (Phi) is 5.58. The molecule has 5 heteroatoms. The molecule has 1 rings (SSSR count). The fraction of sp³-hybridized carbons (Fsp3) is 0.727. The molecule has 0 aliphatic carbocycles. The molecular formula is C11H20N2OS2. The molecule has 16 heavy (non-hydrogen) atoms. The summed E-state index contributed by atoms with van der Waals surface area (Å²) in [5.74, 6) is 0. The van der Waals surface area contributed by atoms with Crippen LogP contribution >= 0.6 is 11.3 Å². The molecule has 0 aliphatic rings. The smallest absolute Gasteiger partial charge is 0.0900 e. The third-order valence-electron chi connectivity index (χ3n) is 2.58. The van der Waals surface area contributed by atoms with Crippen molar-refractivity contribution >= 4 is 22.1 Å². The Labute approximate surface area is 104 Å². The molecule has 0 radical (unpaired) electrons. The van der Waals surface area contributed by atoms with Crippen molar-refractivity contribution in [3.05, 3.63) is 15.6 Å².